The molecule has 0 radical (unpaired) electrons. The second kappa shape index (κ2) is 8.35. The summed E-state index contributed by atoms with van der Waals surface area (Å²) in [6, 6.07) is 4.77. The van der Waals surface area contributed by atoms with Gasteiger partial charge in [0.05, 0.1) is 23.7 Å². The maximum absolute atomic E-state index is 13.0. The summed E-state index contributed by atoms with van der Waals surface area (Å²) in [5.41, 5.74) is 0.287. The second-order valence-electron chi connectivity index (χ2n) is 8.86. The van der Waals surface area contributed by atoms with Crippen molar-refractivity contribution in [3.8, 4) is 5.88 Å². The Morgan fingerprint density at radius 3 is 2.66 bits per heavy atom. The fourth-order valence-electron chi connectivity index (χ4n) is 4.64. The molecule has 0 N–H and O–H groups in total. The highest BCUT2D eigenvalue weighted by molar-refractivity contribution is 5.94. The average Bonchev–Trinajstić information content (AvgIpc) is 3.58. The summed E-state index contributed by atoms with van der Waals surface area (Å²) in [4.78, 5) is 25.8. The Hall–Kier alpha value is -2.68. The van der Waals surface area contributed by atoms with E-state index in [2.05, 4.69) is 14.9 Å². The molecule has 0 spiro atoms. The van der Waals surface area contributed by atoms with Gasteiger partial charge in [0.25, 0.3) is 5.91 Å². The van der Waals surface area contributed by atoms with Gasteiger partial charge in [-0.1, -0.05) is 6.07 Å². The van der Waals surface area contributed by atoms with Crippen molar-refractivity contribution in [1.29, 1.82) is 0 Å². The van der Waals surface area contributed by atoms with Gasteiger partial charge in [-0.25, -0.2) is 4.98 Å². The SMILES string of the molecule is O=C(c1cccc(C(F)(F)F)c1)N1CCCN2C[C@@H](Oc3cnc(C4CC4)cn3)C[C@H]2C1. The molecular formula is C23H25F3N4O2. The van der Waals surface area contributed by atoms with E-state index in [-0.39, 0.29) is 23.6 Å². The molecule has 0 unspecified atom stereocenters. The first kappa shape index (κ1) is 21.2. The largest absolute Gasteiger partial charge is 0.472 e. The Bertz CT molecular complexity index is 978. The summed E-state index contributed by atoms with van der Waals surface area (Å²) >= 11 is 0. The summed E-state index contributed by atoms with van der Waals surface area (Å²) in [5, 5.41) is 0. The van der Waals surface area contributed by atoms with E-state index in [9.17, 15) is 18.0 Å². The quantitative estimate of drug-likeness (QED) is 0.716. The number of hydrogen-bond donors (Lipinski definition) is 0. The van der Waals surface area contributed by atoms with E-state index in [1.54, 1.807) is 17.3 Å². The Morgan fingerprint density at radius 2 is 1.94 bits per heavy atom. The fourth-order valence-corrected chi connectivity index (χ4v) is 4.64. The van der Waals surface area contributed by atoms with Gasteiger partial charge in [0, 0.05) is 50.1 Å². The highest BCUT2D eigenvalue weighted by atomic mass is 19.4. The van der Waals surface area contributed by atoms with Crippen LogP contribution in [0, 0.1) is 0 Å². The predicted molar refractivity (Wildman–Crippen MR) is 110 cm³/mol. The number of carbonyl (C=O) groups excluding carboxylic acids is 1. The lowest BCUT2D eigenvalue weighted by Crippen LogP contribution is -2.39. The van der Waals surface area contributed by atoms with Gasteiger partial charge in [-0.2, -0.15) is 13.2 Å². The minimum Gasteiger partial charge on any atom is -0.472 e. The van der Waals surface area contributed by atoms with Crippen LogP contribution >= 0.6 is 0 Å². The van der Waals surface area contributed by atoms with Crippen molar-refractivity contribution in [2.75, 3.05) is 26.2 Å². The van der Waals surface area contributed by atoms with Crippen molar-refractivity contribution in [3.05, 3.63) is 53.5 Å². The van der Waals surface area contributed by atoms with Crippen LogP contribution in [0.15, 0.2) is 36.7 Å². The van der Waals surface area contributed by atoms with Crippen LogP contribution in [0.2, 0.25) is 0 Å². The molecule has 1 amide bonds. The highest BCUT2D eigenvalue weighted by Gasteiger charge is 2.38. The number of fused-ring (bicyclic) bond motifs is 1. The van der Waals surface area contributed by atoms with E-state index in [0.29, 0.717) is 24.9 Å². The summed E-state index contributed by atoms with van der Waals surface area (Å²) in [6.45, 7) is 2.56. The normalized spacial score (nSPS) is 24.2. The first-order chi connectivity index (χ1) is 15.4. The molecule has 32 heavy (non-hydrogen) atoms. The molecule has 3 fully saturated rings. The van der Waals surface area contributed by atoms with Gasteiger partial charge in [-0.3, -0.25) is 14.7 Å². The van der Waals surface area contributed by atoms with Crippen LogP contribution in [0.1, 0.15) is 53.2 Å². The van der Waals surface area contributed by atoms with Crippen LogP contribution in [0.3, 0.4) is 0 Å². The molecule has 5 rings (SSSR count). The lowest BCUT2D eigenvalue weighted by molar-refractivity contribution is -0.137. The Balaban J connectivity index is 1.23. The second-order valence-corrected chi connectivity index (χ2v) is 8.86. The molecular weight excluding hydrogens is 421 g/mol. The number of nitrogens with zero attached hydrogens (tertiary/aromatic N) is 4. The smallest absolute Gasteiger partial charge is 0.416 e. The Morgan fingerprint density at radius 1 is 1.09 bits per heavy atom. The van der Waals surface area contributed by atoms with E-state index < -0.39 is 11.7 Å². The van der Waals surface area contributed by atoms with Gasteiger partial charge < -0.3 is 9.64 Å². The number of carbonyl (C=O) groups is 1. The molecule has 1 aliphatic carbocycles. The van der Waals surface area contributed by atoms with Crippen molar-refractivity contribution in [3.63, 3.8) is 0 Å². The van der Waals surface area contributed by atoms with Gasteiger partial charge >= 0.3 is 6.18 Å². The van der Waals surface area contributed by atoms with Crippen LogP contribution in [-0.4, -0.2) is 64.0 Å². The molecule has 1 saturated carbocycles. The van der Waals surface area contributed by atoms with Crippen molar-refractivity contribution in [2.45, 2.75) is 49.9 Å². The van der Waals surface area contributed by atoms with Crippen LogP contribution in [-0.2, 0) is 6.18 Å². The van der Waals surface area contributed by atoms with Crippen LogP contribution in [0.4, 0.5) is 13.2 Å². The van der Waals surface area contributed by atoms with Crippen LogP contribution in [0.5, 0.6) is 5.88 Å². The third-order valence-corrected chi connectivity index (χ3v) is 6.45. The third kappa shape index (κ3) is 4.57. The molecule has 2 aromatic rings. The number of halogens is 3. The van der Waals surface area contributed by atoms with Crippen molar-refractivity contribution < 1.29 is 22.7 Å². The van der Waals surface area contributed by atoms with E-state index >= 15 is 0 Å². The monoisotopic (exact) mass is 446 g/mol. The van der Waals surface area contributed by atoms with E-state index in [0.717, 1.165) is 43.8 Å². The van der Waals surface area contributed by atoms with Gasteiger partial charge in [-0.05, 0) is 37.5 Å². The topological polar surface area (TPSA) is 58.6 Å². The lowest BCUT2D eigenvalue weighted by atomic mass is 10.1. The Kier molecular flexibility index (Phi) is 5.53. The first-order valence-electron chi connectivity index (χ1n) is 11.1. The summed E-state index contributed by atoms with van der Waals surface area (Å²) < 4.78 is 45.2. The molecule has 2 saturated heterocycles. The number of amides is 1. The molecule has 6 nitrogen and oxygen atoms in total. The third-order valence-electron chi connectivity index (χ3n) is 6.45. The number of alkyl halides is 3. The average molecular weight is 446 g/mol. The van der Waals surface area contributed by atoms with Crippen LogP contribution < -0.4 is 4.74 Å². The highest BCUT2D eigenvalue weighted by Crippen LogP contribution is 2.38. The number of benzene rings is 1. The number of ether oxygens (including phenoxy) is 1. The van der Waals surface area contributed by atoms with E-state index in [1.165, 1.54) is 25.0 Å². The molecule has 1 aromatic heterocycles. The predicted octanol–water partition coefficient (Wildman–Crippen LogP) is 3.74. The zero-order valence-corrected chi connectivity index (χ0v) is 17.6. The Labute approximate surface area is 184 Å². The molecule has 3 aliphatic rings. The zero-order valence-electron chi connectivity index (χ0n) is 17.6. The maximum Gasteiger partial charge on any atom is 0.416 e. The lowest BCUT2D eigenvalue weighted by Gasteiger charge is -2.25. The number of rotatable bonds is 4. The van der Waals surface area contributed by atoms with Gasteiger partial charge in [0.1, 0.15) is 6.10 Å². The van der Waals surface area contributed by atoms with Gasteiger partial charge in [0.15, 0.2) is 0 Å². The molecule has 2 atom stereocenters. The van der Waals surface area contributed by atoms with Crippen molar-refractivity contribution in [2.24, 2.45) is 0 Å². The van der Waals surface area contributed by atoms with Gasteiger partial charge in [-0.15, -0.1) is 0 Å². The number of aromatic nitrogens is 2. The molecule has 3 heterocycles. The zero-order chi connectivity index (χ0) is 22.3. The minimum absolute atomic E-state index is 0.0512. The molecule has 0 bridgehead atoms. The molecule has 170 valence electrons. The number of hydrogen-bond acceptors (Lipinski definition) is 5. The first-order valence-corrected chi connectivity index (χ1v) is 11.1. The standard InChI is InChI=1S/C23H25F3N4O2/c24-23(25,26)17-4-1-3-16(9-17)22(31)30-8-2-7-29-14-19(10-18(29)13-30)32-21-12-27-20(11-28-21)15-5-6-15/h1,3-4,9,11-12,15,18-19H,2,5-8,10,13-14H2/t18-,19-/m0/s1. The van der Waals surface area contributed by atoms with Crippen molar-refractivity contribution in [1.82, 2.24) is 19.8 Å². The molecule has 1 aromatic carbocycles. The van der Waals surface area contributed by atoms with E-state index in [1.807, 2.05) is 0 Å². The van der Waals surface area contributed by atoms with Crippen molar-refractivity contribution >= 4 is 5.91 Å². The molecule has 2 aliphatic heterocycles. The van der Waals surface area contributed by atoms with E-state index in [4.69, 9.17) is 4.74 Å². The summed E-state index contributed by atoms with van der Waals surface area (Å²) in [5.74, 6) is 0.693. The summed E-state index contributed by atoms with van der Waals surface area (Å²) in [6.07, 6.45) is 2.79. The minimum atomic E-state index is -4.47. The fraction of sp³-hybridized carbons (Fsp3) is 0.522. The summed E-state index contributed by atoms with van der Waals surface area (Å²) in [7, 11) is 0. The van der Waals surface area contributed by atoms with Crippen LogP contribution in [0.25, 0.3) is 0 Å². The molecule has 9 heteroatoms. The maximum atomic E-state index is 13.0. The van der Waals surface area contributed by atoms with Gasteiger partial charge in [0.2, 0.25) is 5.88 Å².